The van der Waals surface area contributed by atoms with Crippen LogP contribution >= 0.6 is 11.3 Å². The number of hydrogen-bond donors (Lipinski definition) is 1. The van der Waals surface area contributed by atoms with Crippen molar-refractivity contribution in [3.63, 3.8) is 0 Å². The van der Waals surface area contributed by atoms with Gasteiger partial charge in [0.05, 0.1) is 12.2 Å². The minimum absolute atomic E-state index is 0.0108. The molecule has 152 valence electrons. The summed E-state index contributed by atoms with van der Waals surface area (Å²) in [5.74, 6) is -0.627. The quantitative estimate of drug-likeness (QED) is 0.773. The van der Waals surface area contributed by atoms with E-state index in [1.165, 1.54) is 20.9 Å². The smallest absolute Gasteiger partial charge is 0.235 e. The normalized spacial score (nSPS) is 23.5. The van der Waals surface area contributed by atoms with E-state index in [4.69, 9.17) is 4.74 Å². The molecule has 2 saturated heterocycles. The van der Waals surface area contributed by atoms with Gasteiger partial charge in [0.2, 0.25) is 11.8 Å². The Morgan fingerprint density at radius 1 is 1.21 bits per heavy atom. The van der Waals surface area contributed by atoms with Gasteiger partial charge < -0.3 is 15.0 Å². The first kappa shape index (κ1) is 18.8. The van der Waals surface area contributed by atoms with E-state index >= 15 is 0 Å². The fraction of sp³-hybridized carbons (Fsp3) is 0.478. The third-order valence-corrected chi connectivity index (χ3v) is 7.78. The first-order valence-corrected chi connectivity index (χ1v) is 11.4. The molecule has 4 heterocycles. The van der Waals surface area contributed by atoms with E-state index in [2.05, 4.69) is 35.6 Å². The predicted molar refractivity (Wildman–Crippen MR) is 113 cm³/mol. The zero-order valence-corrected chi connectivity index (χ0v) is 17.3. The molecule has 5 rings (SSSR count). The van der Waals surface area contributed by atoms with Gasteiger partial charge in [-0.2, -0.15) is 0 Å². The molecule has 1 unspecified atom stereocenters. The maximum Gasteiger partial charge on any atom is 0.235 e. The number of hydrogen-bond acceptors (Lipinski definition) is 4. The molecule has 2 amide bonds. The molecule has 0 radical (unpaired) electrons. The van der Waals surface area contributed by atoms with Crippen LogP contribution in [0.4, 0.5) is 0 Å². The number of likely N-dealkylation sites (tertiary alicyclic amines) is 1. The highest BCUT2D eigenvalue weighted by atomic mass is 32.1. The van der Waals surface area contributed by atoms with Crippen LogP contribution in [0.3, 0.4) is 0 Å². The highest BCUT2D eigenvalue weighted by Crippen LogP contribution is 2.46. The molecule has 2 fully saturated rings. The van der Waals surface area contributed by atoms with E-state index in [1.807, 2.05) is 22.3 Å². The minimum Gasteiger partial charge on any atom is -0.370 e. The summed E-state index contributed by atoms with van der Waals surface area (Å²) in [4.78, 5) is 29.6. The number of piperidine rings is 2. The Morgan fingerprint density at radius 3 is 2.76 bits per heavy atom. The molecule has 1 aromatic carbocycles. The molecule has 29 heavy (non-hydrogen) atoms. The van der Waals surface area contributed by atoms with E-state index in [1.54, 1.807) is 0 Å². The lowest BCUT2D eigenvalue weighted by molar-refractivity contribution is -0.149. The number of benzene rings is 1. The number of amides is 2. The van der Waals surface area contributed by atoms with Crippen molar-refractivity contribution in [1.29, 1.82) is 0 Å². The monoisotopic (exact) mass is 410 g/mol. The average Bonchev–Trinajstić information content (AvgIpc) is 3.21. The third-order valence-electron chi connectivity index (χ3n) is 6.53. The highest BCUT2D eigenvalue weighted by Gasteiger charge is 2.44. The van der Waals surface area contributed by atoms with Gasteiger partial charge in [-0.05, 0) is 42.9 Å². The second kappa shape index (κ2) is 7.58. The molecule has 1 atom stereocenters. The summed E-state index contributed by atoms with van der Waals surface area (Å²) < 4.78 is 6.37. The fourth-order valence-corrected chi connectivity index (χ4v) is 6.13. The maximum absolute atomic E-state index is 12.9. The molecule has 5 nitrogen and oxygen atoms in total. The van der Waals surface area contributed by atoms with Gasteiger partial charge >= 0.3 is 0 Å². The number of thiophene rings is 1. The van der Waals surface area contributed by atoms with E-state index in [0.717, 1.165) is 32.3 Å². The van der Waals surface area contributed by atoms with E-state index in [9.17, 15) is 9.59 Å². The Hall–Kier alpha value is -2.18. The molecule has 2 aromatic rings. The Balaban J connectivity index is 1.34. The van der Waals surface area contributed by atoms with Gasteiger partial charge in [0, 0.05) is 35.8 Å². The van der Waals surface area contributed by atoms with Crippen molar-refractivity contribution in [2.24, 2.45) is 5.92 Å². The average molecular weight is 411 g/mol. The lowest BCUT2D eigenvalue weighted by Crippen LogP contribution is -2.52. The summed E-state index contributed by atoms with van der Waals surface area (Å²) in [6, 6.07) is 12.8. The Labute approximate surface area is 175 Å². The molecule has 1 aromatic heterocycles. The van der Waals surface area contributed by atoms with Crippen molar-refractivity contribution in [3.8, 4) is 10.4 Å². The van der Waals surface area contributed by atoms with E-state index < -0.39 is 5.92 Å². The molecule has 6 heteroatoms. The van der Waals surface area contributed by atoms with Gasteiger partial charge in [-0.1, -0.05) is 30.3 Å². The van der Waals surface area contributed by atoms with Crippen LogP contribution in [0.25, 0.3) is 10.4 Å². The first-order valence-electron chi connectivity index (χ1n) is 10.6. The largest absolute Gasteiger partial charge is 0.370 e. The lowest BCUT2D eigenvalue weighted by Gasteiger charge is -2.44. The van der Waals surface area contributed by atoms with Crippen LogP contribution in [0.5, 0.6) is 0 Å². The van der Waals surface area contributed by atoms with Crippen LogP contribution in [0.15, 0.2) is 36.4 Å². The van der Waals surface area contributed by atoms with Gasteiger partial charge in [-0.3, -0.25) is 9.59 Å². The minimum atomic E-state index is -0.508. The van der Waals surface area contributed by atoms with Crippen LogP contribution in [0.2, 0.25) is 0 Å². The fourth-order valence-electron chi connectivity index (χ4n) is 4.89. The predicted octanol–water partition coefficient (Wildman–Crippen LogP) is 3.33. The summed E-state index contributed by atoms with van der Waals surface area (Å²) in [5.41, 5.74) is 2.27. The molecule has 1 spiro atoms. The molecule has 0 bridgehead atoms. The van der Waals surface area contributed by atoms with Crippen LogP contribution in [-0.4, -0.2) is 43.0 Å². The number of carbonyl (C=O) groups is 2. The Morgan fingerprint density at radius 2 is 2.00 bits per heavy atom. The molecular formula is C23H26N2O3S. The van der Waals surface area contributed by atoms with Crippen LogP contribution in [-0.2, 0) is 26.3 Å². The third kappa shape index (κ3) is 3.38. The van der Waals surface area contributed by atoms with Crippen molar-refractivity contribution in [3.05, 3.63) is 46.8 Å². The number of carbonyl (C=O) groups excluding carboxylic acids is 2. The standard InChI is InChI=1S/C23H26N2O3S/c26-21-17(7-4-11-24-21)22(27)25-12-9-23(10-13-25)18-15-20(16-5-2-1-3-6-16)29-19(18)8-14-28-23/h1-3,5-6,15,17H,4,7-14H2,(H,24,26). The number of nitrogens with zero attached hydrogens (tertiary/aromatic N) is 1. The van der Waals surface area contributed by atoms with Crippen LogP contribution in [0.1, 0.15) is 36.1 Å². The Bertz CT molecular complexity index is 915. The molecule has 1 N–H and O–H groups in total. The van der Waals surface area contributed by atoms with Crippen molar-refractivity contribution >= 4 is 23.2 Å². The van der Waals surface area contributed by atoms with Gasteiger partial charge in [-0.15, -0.1) is 11.3 Å². The molecule has 0 aliphatic carbocycles. The van der Waals surface area contributed by atoms with Crippen molar-refractivity contribution < 1.29 is 14.3 Å². The van der Waals surface area contributed by atoms with E-state index in [0.29, 0.717) is 26.1 Å². The summed E-state index contributed by atoms with van der Waals surface area (Å²) in [6.07, 6.45) is 4.09. The first-order chi connectivity index (χ1) is 14.2. The van der Waals surface area contributed by atoms with Gasteiger partial charge in [0.1, 0.15) is 5.92 Å². The molecule has 0 saturated carbocycles. The molecular weight excluding hydrogens is 384 g/mol. The van der Waals surface area contributed by atoms with Gasteiger partial charge in [0.15, 0.2) is 0 Å². The number of rotatable bonds is 2. The lowest BCUT2D eigenvalue weighted by atomic mass is 9.81. The summed E-state index contributed by atoms with van der Waals surface area (Å²) in [5, 5.41) is 2.83. The van der Waals surface area contributed by atoms with Crippen molar-refractivity contribution in [1.82, 2.24) is 10.2 Å². The summed E-state index contributed by atoms with van der Waals surface area (Å²) in [6.45, 7) is 2.72. The summed E-state index contributed by atoms with van der Waals surface area (Å²) in [7, 11) is 0. The summed E-state index contributed by atoms with van der Waals surface area (Å²) >= 11 is 1.87. The van der Waals surface area contributed by atoms with Crippen LogP contribution < -0.4 is 5.32 Å². The van der Waals surface area contributed by atoms with E-state index in [-0.39, 0.29) is 17.4 Å². The van der Waals surface area contributed by atoms with Crippen molar-refractivity contribution in [2.45, 2.75) is 37.7 Å². The number of ether oxygens (including phenoxy) is 1. The van der Waals surface area contributed by atoms with Crippen molar-refractivity contribution in [2.75, 3.05) is 26.2 Å². The second-order valence-corrected chi connectivity index (χ2v) is 9.35. The zero-order chi connectivity index (χ0) is 19.8. The maximum atomic E-state index is 12.9. The highest BCUT2D eigenvalue weighted by molar-refractivity contribution is 7.15. The molecule has 3 aliphatic rings. The molecule has 3 aliphatic heterocycles. The number of fused-ring (bicyclic) bond motifs is 2. The van der Waals surface area contributed by atoms with Gasteiger partial charge in [-0.25, -0.2) is 0 Å². The topological polar surface area (TPSA) is 58.6 Å². The SMILES string of the molecule is O=C1NCCCC1C(=O)N1CCC2(CC1)OCCc1sc(-c3ccccc3)cc12. The second-order valence-electron chi connectivity index (χ2n) is 8.22. The van der Waals surface area contributed by atoms with Crippen LogP contribution in [0, 0.1) is 5.92 Å². The number of nitrogens with one attached hydrogen (secondary N) is 1. The Kier molecular flexibility index (Phi) is 4.92. The van der Waals surface area contributed by atoms with Gasteiger partial charge in [0.25, 0.3) is 0 Å². The zero-order valence-electron chi connectivity index (χ0n) is 16.5.